The summed E-state index contributed by atoms with van der Waals surface area (Å²) in [5, 5.41) is 14.6. The lowest BCUT2D eigenvalue weighted by Gasteiger charge is -2.19. The van der Waals surface area contributed by atoms with Crippen LogP contribution in [0.15, 0.2) is 71.6 Å². The molecule has 42 heavy (non-hydrogen) atoms. The van der Waals surface area contributed by atoms with Crippen molar-refractivity contribution in [2.45, 2.75) is 63.5 Å². The molecule has 0 aromatic heterocycles. The second-order valence-corrected chi connectivity index (χ2v) is 12.3. The summed E-state index contributed by atoms with van der Waals surface area (Å²) in [6.07, 6.45) is -0.966. The van der Waals surface area contributed by atoms with Gasteiger partial charge in [0.25, 0.3) is 5.91 Å². The van der Waals surface area contributed by atoms with Crippen molar-refractivity contribution in [2.24, 2.45) is 0 Å². The number of carboxylic acids is 1. The standard InChI is InChI=1S/C30H33FN2O8S/c1-18(2)20-9-13-23(14-10-20)42(38,39)41-26-15-6-19(16-24(26)31)17-25(28(35)36)33-27(34)21-7-11-22(12-8-21)32-29(37)40-30(3,4)5/h6-16,18,25H,17H2,1-5H3,(H,32,37)(H,33,34)(H,35,36). The minimum Gasteiger partial charge on any atom is -0.480 e. The minimum atomic E-state index is -4.31. The molecule has 10 nitrogen and oxygen atoms in total. The number of ether oxygens (including phenoxy) is 1. The summed E-state index contributed by atoms with van der Waals surface area (Å²) in [6, 6.07) is 13.7. The first kappa shape index (κ1) is 32.1. The lowest BCUT2D eigenvalue weighted by Crippen LogP contribution is -2.42. The van der Waals surface area contributed by atoms with Gasteiger partial charge in [0.05, 0.1) is 0 Å². The van der Waals surface area contributed by atoms with Crippen LogP contribution in [0.1, 0.15) is 62.0 Å². The first-order valence-corrected chi connectivity index (χ1v) is 14.4. The molecule has 0 saturated heterocycles. The van der Waals surface area contributed by atoms with Crippen LogP contribution >= 0.6 is 0 Å². The van der Waals surface area contributed by atoms with Crippen molar-refractivity contribution in [1.82, 2.24) is 5.32 Å². The van der Waals surface area contributed by atoms with Crippen LogP contribution in [-0.2, 0) is 26.1 Å². The zero-order valence-electron chi connectivity index (χ0n) is 23.8. The van der Waals surface area contributed by atoms with Gasteiger partial charge in [0, 0.05) is 17.7 Å². The highest BCUT2D eigenvalue weighted by molar-refractivity contribution is 7.87. The maximum Gasteiger partial charge on any atom is 0.412 e. The number of halogens is 1. The van der Waals surface area contributed by atoms with Crippen LogP contribution < -0.4 is 14.8 Å². The van der Waals surface area contributed by atoms with Crippen LogP contribution in [0.4, 0.5) is 14.9 Å². The number of rotatable bonds is 10. The Morgan fingerprint density at radius 1 is 0.952 bits per heavy atom. The van der Waals surface area contributed by atoms with E-state index in [1.807, 2.05) is 13.8 Å². The molecule has 1 unspecified atom stereocenters. The maximum absolute atomic E-state index is 14.8. The average Bonchev–Trinajstić information content (AvgIpc) is 2.89. The molecule has 1 atom stereocenters. The summed E-state index contributed by atoms with van der Waals surface area (Å²) in [7, 11) is -4.31. The van der Waals surface area contributed by atoms with Crippen molar-refractivity contribution in [2.75, 3.05) is 5.32 Å². The van der Waals surface area contributed by atoms with Crippen molar-refractivity contribution in [3.8, 4) is 5.75 Å². The van der Waals surface area contributed by atoms with Gasteiger partial charge in [0.1, 0.15) is 16.5 Å². The van der Waals surface area contributed by atoms with Gasteiger partial charge in [-0.05, 0) is 86.3 Å². The van der Waals surface area contributed by atoms with Gasteiger partial charge >= 0.3 is 22.2 Å². The number of hydrogen-bond acceptors (Lipinski definition) is 7. The smallest absolute Gasteiger partial charge is 0.412 e. The quantitative estimate of drug-likeness (QED) is 0.259. The number of carbonyl (C=O) groups excluding carboxylic acids is 2. The van der Waals surface area contributed by atoms with E-state index in [4.69, 9.17) is 8.92 Å². The molecule has 0 fully saturated rings. The highest BCUT2D eigenvalue weighted by atomic mass is 32.2. The Balaban J connectivity index is 1.65. The molecule has 0 heterocycles. The Morgan fingerprint density at radius 3 is 2.10 bits per heavy atom. The normalized spacial score (nSPS) is 12.4. The zero-order chi connectivity index (χ0) is 31.2. The average molecular weight is 601 g/mol. The molecular weight excluding hydrogens is 567 g/mol. The largest absolute Gasteiger partial charge is 0.480 e. The Labute approximate surface area is 244 Å². The molecule has 0 saturated carbocycles. The van der Waals surface area contributed by atoms with E-state index in [2.05, 4.69) is 10.6 Å². The van der Waals surface area contributed by atoms with Crippen molar-refractivity contribution in [3.63, 3.8) is 0 Å². The monoisotopic (exact) mass is 600 g/mol. The van der Waals surface area contributed by atoms with E-state index < -0.39 is 51.3 Å². The van der Waals surface area contributed by atoms with Crippen molar-refractivity contribution < 1.29 is 41.2 Å². The topological polar surface area (TPSA) is 148 Å². The molecular formula is C30H33FN2O8S. The SMILES string of the molecule is CC(C)c1ccc(S(=O)(=O)Oc2ccc(CC(NC(=O)c3ccc(NC(=O)OC(C)(C)C)cc3)C(=O)O)cc2F)cc1. The number of nitrogens with one attached hydrogen (secondary N) is 2. The van der Waals surface area contributed by atoms with Crippen LogP contribution in [0.5, 0.6) is 5.75 Å². The van der Waals surface area contributed by atoms with Gasteiger partial charge in [-0.3, -0.25) is 10.1 Å². The van der Waals surface area contributed by atoms with Crippen LogP contribution in [0.3, 0.4) is 0 Å². The van der Waals surface area contributed by atoms with E-state index in [9.17, 15) is 32.3 Å². The number of carboxylic acid groups (broad SMARTS) is 1. The fraction of sp³-hybridized carbons (Fsp3) is 0.300. The molecule has 0 aliphatic heterocycles. The summed E-state index contributed by atoms with van der Waals surface area (Å²) in [5.41, 5.74) is 0.907. The molecule has 2 amide bonds. The predicted octanol–water partition coefficient (Wildman–Crippen LogP) is 5.49. The van der Waals surface area contributed by atoms with E-state index in [0.717, 1.165) is 17.7 Å². The fourth-order valence-corrected chi connectivity index (χ4v) is 4.67. The number of benzene rings is 3. The highest BCUT2D eigenvalue weighted by Gasteiger charge is 2.24. The van der Waals surface area contributed by atoms with Gasteiger partial charge < -0.3 is 19.3 Å². The zero-order valence-corrected chi connectivity index (χ0v) is 24.6. The number of aliphatic carboxylic acids is 1. The van der Waals surface area contributed by atoms with Crippen LogP contribution in [0, 0.1) is 5.82 Å². The predicted molar refractivity (Wildman–Crippen MR) is 154 cm³/mol. The molecule has 3 aromatic rings. The number of amides is 2. The summed E-state index contributed by atoms with van der Waals surface area (Å²) in [6.45, 7) is 9.07. The Bertz CT molecular complexity index is 1550. The third kappa shape index (κ3) is 9.03. The molecule has 0 radical (unpaired) electrons. The van der Waals surface area contributed by atoms with Crippen LogP contribution in [0.25, 0.3) is 0 Å². The molecule has 224 valence electrons. The highest BCUT2D eigenvalue weighted by Crippen LogP contribution is 2.25. The maximum atomic E-state index is 14.8. The Kier molecular flexibility index (Phi) is 9.95. The molecule has 3 rings (SSSR count). The summed E-state index contributed by atoms with van der Waals surface area (Å²) in [5.74, 6) is -3.44. The van der Waals surface area contributed by atoms with Crippen LogP contribution in [-0.4, -0.2) is 43.1 Å². The lowest BCUT2D eigenvalue weighted by atomic mass is 10.0. The van der Waals surface area contributed by atoms with Crippen molar-refractivity contribution in [1.29, 1.82) is 0 Å². The molecule has 3 aromatic carbocycles. The van der Waals surface area contributed by atoms with Gasteiger partial charge in [0.2, 0.25) is 0 Å². The number of anilines is 1. The second-order valence-electron chi connectivity index (χ2n) is 10.8. The Morgan fingerprint density at radius 2 is 1.57 bits per heavy atom. The first-order valence-electron chi connectivity index (χ1n) is 13.0. The minimum absolute atomic E-state index is 0.123. The van der Waals surface area contributed by atoms with Gasteiger partial charge in [-0.1, -0.05) is 32.0 Å². The summed E-state index contributed by atoms with van der Waals surface area (Å²) >= 11 is 0. The van der Waals surface area contributed by atoms with E-state index in [0.29, 0.717) is 5.69 Å². The van der Waals surface area contributed by atoms with E-state index in [1.165, 1.54) is 42.5 Å². The molecule has 3 N–H and O–H groups in total. The van der Waals surface area contributed by atoms with E-state index in [1.54, 1.807) is 32.9 Å². The third-order valence-corrected chi connectivity index (χ3v) is 7.12. The van der Waals surface area contributed by atoms with Gasteiger partial charge in [-0.25, -0.2) is 14.0 Å². The van der Waals surface area contributed by atoms with Gasteiger partial charge in [0.15, 0.2) is 11.6 Å². The van der Waals surface area contributed by atoms with E-state index >= 15 is 0 Å². The lowest BCUT2D eigenvalue weighted by molar-refractivity contribution is -0.139. The van der Waals surface area contributed by atoms with Crippen molar-refractivity contribution >= 4 is 33.8 Å². The molecule has 12 heteroatoms. The molecule has 0 spiro atoms. The second kappa shape index (κ2) is 13.0. The molecule has 0 aliphatic carbocycles. The first-order chi connectivity index (χ1) is 19.5. The summed E-state index contributed by atoms with van der Waals surface area (Å²) < 4.78 is 50.2. The van der Waals surface area contributed by atoms with Gasteiger partial charge in [-0.15, -0.1) is 0 Å². The van der Waals surface area contributed by atoms with Gasteiger partial charge in [-0.2, -0.15) is 8.42 Å². The van der Waals surface area contributed by atoms with Crippen LogP contribution in [0.2, 0.25) is 0 Å². The van der Waals surface area contributed by atoms with Crippen molar-refractivity contribution in [3.05, 3.63) is 89.2 Å². The summed E-state index contributed by atoms with van der Waals surface area (Å²) in [4.78, 5) is 36.3. The molecule has 0 bridgehead atoms. The Hall–Kier alpha value is -4.45. The fourth-order valence-electron chi connectivity index (χ4n) is 3.73. The number of hydrogen-bond donors (Lipinski definition) is 3. The third-order valence-electron chi connectivity index (χ3n) is 5.87. The number of carbonyl (C=O) groups is 3. The molecule has 0 aliphatic rings. The van der Waals surface area contributed by atoms with E-state index in [-0.39, 0.29) is 28.4 Å².